The normalized spacial score (nSPS) is 29.0. The van der Waals surface area contributed by atoms with Crippen LogP contribution in [0.3, 0.4) is 0 Å². The van der Waals surface area contributed by atoms with Crippen LogP contribution in [0.5, 0.6) is 0 Å². The van der Waals surface area contributed by atoms with E-state index in [4.69, 9.17) is 0 Å². The van der Waals surface area contributed by atoms with Gasteiger partial charge in [0.2, 0.25) is 5.95 Å². The summed E-state index contributed by atoms with van der Waals surface area (Å²) in [6.07, 6.45) is -1.24. The van der Waals surface area contributed by atoms with Crippen molar-refractivity contribution in [3.05, 3.63) is 41.0 Å². The van der Waals surface area contributed by atoms with E-state index in [9.17, 15) is 31.6 Å². The van der Waals surface area contributed by atoms with Crippen LogP contribution in [0, 0.1) is 40.7 Å². The molecule has 3 aliphatic rings. The van der Waals surface area contributed by atoms with Gasteiger partial charge in [0.15, 0.2) is 23.6 Å². The number of hydrogen-bond acceptors (Lipinski definition) is 5. The highest BCUT2D eigenvalue weighted by Crippen LogP contribution is 2.45. The summed E-state index contributed by atoms with van der Waals surface area (Å²) in [6.45, 7) is 1.10. The first-order chi connectivity index (χ1) is 15.7. The highest BCUT2D eigenvalue weighted by atomic mass is 19.4. The van der Waals surface area contributed by atoms with Crippen LogP contribution in [-0.2, 0) is 0 Å². The van der Waals surface area contributed by atoms with Crippen LogP contribution in [0.15, 0.2) is 12.1 Å². The van der Waals surface area contributed by atoms with E-state index in [1.54, 1.807) is 4.90 Å². The number of anilines is 1. The summed E-state index contributed by atoms with van der Waals surface area (Å²) < 4.78 is 83.6. The zero-order chi connectivity index (χ0) is 23.5. The molecule has 2 aliphatic heterocycles. The van der Waals surface area contributed by atoms with E-state index >= 15 is 0 Å². The van der Waals surface area contributed by atoms with E-state index in [1.807, 2.05) is 0 Å². The molecule has 2 fully saturated rings. The Morgan fingerprint density at radius 1 is 1.00 bits per heavy atom. The number of nitrogens with zero attached hydrogens (tertiary/aromatic N) is 5. The number of nitrogens with one attached hydrogen (secondary N) is 1. The summed E-state index contributed by atoms with van der Waals surface area (Å²) in [4.78, 5) is 5.95. The minimum absolute atomic E-state index is 0.0125. The van der Waals surface area contributed by atoms with Gasteiger partial charge in [-0.25, -0.2) is 17.9 Å². The van der Waals surface area contributed by atoms with E-state index in [2.05, 4.69) is 21.6 Å². The SMILES string of the molecule is N#CN1CC2CCC(C1)C2Nc1nc2n(n1)C(C(F)(F)F)CCC2c1ccc(F)c(F)c1F. The molecule has 0 radical (unpaired) electrons. The van der Waals surface area contributed by atoms with Crippen molar-refractivity contribution in [1.29, 1.82) is 5.26 Å². The minimum Gasteiger partial charge on any atom is -0.350 e. The largest absolute Gasteiger partial charge is 0.410 e. The summed E-state index contributed by atoms with van der Waals surface area (Å²) in [5.74, 6) is -5.38. The van der Waals surface area contributed by atoms with E-state index in [1.165, 1.54) is 0 Å². The average Bonchev–Trinajstić information content (AvgIpc) is 3.28. The first-order valence-corrected chi connectivity index (χ1v) is 10.7. The summed E-state index contributed by atoms with van der Waals surface area (Å²) in [7, 11) is 0. The van der Waals surface area contributed by atoms with Gasteiger partial charge in [-0.3, -0.25) is 0 Å². The highest BCUT2D eigenvalue weighted by molar-refractivity contribution is 5.35. The van der Waals surface area contributed by atoms with E-state index < -0.39 is 42.0 Å². The Hall–Kier alpha value is -2.97. The van der Waals surface area contributed by atoms with Gasteiger partial charge in [-0.05, 0) is 43.6 Å². The Morgan fingerprint density at radius 3 is 2.33 bits per heavy atom. The second-order valence-electron chi connectivity index (χ2n) is 8.96. The summed E-state index contributed by atoms with van der Waals surface area (Å²) in [5, 5.41) is 16.4. The summed E-state index contributed by atoms with van der Waals surface area (Å²) in [6, 6.07) is -0.250. The quantitative estimate of drug-likeness (QED) is 0.411. The molecule has 0 spiro atoms. The predicted octanol–water partition coefficient (Wildman–Crippen LogP) is 4.33. The van der Waals surface area contributed by atoms with Crippen molar-refractivity contribution in [3.8, 4) is 6.19 Å². The molecule has 3 heterocycles. The fourth-order valence-corrected chi connectivity index (χ4v) is 5.54. The van der Waals surface area contributed by atoms with Crippen LogP contribution >= 0.6 is 0 Å². The number of rotatable bonds is 3. The van der Waals surface area contributed by atoms with Crippen LogP contribution in [0.4, 0.5) is 32.3 Å². The standard InChI is InChI=1S/C21H20F6N6/c22-14-5-3-12(16(23)17(14)24)13-4-6-15(21(25,26)27)33-19(13)30-20(31-33)29-18-10-1-2-11(18)8-32(7-10)9-28/h3,5,10-11,13,15,18H,1-2,4,6-8H2,(H,29,31). The molecule has 176 valence electrons. The number of piperidine rings is 1. The van der Waals surface area contributed by atoms with Crippen LogP contribution in [-0.4, -0.2) is 45.0 Å². The predicted molar refractivity (Wildman–Crippen MR) is 103 cm³/mol. The zero-order valence-electron chi connectivity index (χ0n) is 17.3. The topological polar surface area (TPSA) is 69.8 Å². The molecule has 1 aliphatic carbocycles. The van der Waals surface area contributed by atoms with E-state index in [-0.39, 0.29) is 41.6 Å². The second kappa shape index (κ2) is 7.81. The Labute approximate surface area is 185 Å². The molecule has 1 N–H and O–H groups in total. The lowest BCUT2D eigenvalue weighted by molar-refractivity contribution is -0.175. The molecule has 6 nitrogen and oxygen atoms in total. The lowest BCUT2D eigenvalue weighted by Gasteiger charge is -2.35. The van der Waals surface area contributed by atoms with Crippen molar-refractivity contribution in [3.63, 3.8) is 0 Å². The van der Waals surface area contributed by atoms with Crippen LogP contribution < -0.4 is 5.32 Å². The van der Waals surface area contributed by atoms with Crippen LogP contribution in [0.25, 0.3) is 0 Å². The summed E-state index contributed by atoms with van der Waals surface area (Å²) >= 11 is 0. The first kappa shape index (κ1) is 21.9. The molecule has 2 bridgehead atoms. The molecule has 5 rings (SSSR count). The number of benzene rings is 1. The number of likely N-dealkylation sites (tertiary alicyclic amines) is 1. The molecule has 4 atom stereocenters. The second-order valence-corrected chi connectivity index (χ2v) is 8.96. The molecule has 1 saturated heterocycles. The third-order valence-electron chi connectivity index (χ3n) is 7.08. The van der Waals surface area contributed by atoms with Crippen molar-refractivity contribution in [2.24, 2.45) is 11.8 Å². The number of nitriles is 1. The first-order valence-electron chi connectivity index (χ1n) is 10.7. The lowest BCUT2D eigenvalue weighted by Crippen LogP contribution is -2.46. The third kappa shape index (κ3) is 3.67. The van der Waals surface area contributed by atoms with Crippen LogP contribution in [0.1, 0.15) is 49.0 Å². The van der Waals surface area contributed by atoms with Crippen molar-refractivity contribution < 1.29 is 26.3 Å². The summed E-state index contributed by atoms with van der Waals surface area (Å²) in [5.41, 5.74) is -0.253. The van der Waals surface area contributed by atoms with Gasteiger partial charge < -0.3 is 10.2 Å². The third-order valence-corrected chi connectivity index (χ3v) is 7.08. The van der Waals surface area contributed by atoms with Gasteiger partial charge in [0.25, 0.3) is 0 Å². The van der Waals surface area contributed by atoms with Crippen molar-refractivity contribution in [1.82, 2.24) is 19.7 Å². The Bertz CT molecular complexity index is 1090. The molecule has 1 aromatic heterocycles. The fraction of sp³-hybridized carbons (Fsp3) is 0.571. The fourth-order valence-electron chi connectivity index (χ4n) is 5.54. The average molecular weight is 470 g/mol. The Kier molecular flexibility index (Phi) is 5.17. The molecule has 4 unspecified atom stereocenters. The van der Waals surface area contributed by atoms with Gasteiger partial charge in [-0.1, -0.05) is 6.07 Å². The monoisotopic (exact) mass is 470 g/mol. The molecule has 2 aromatic rings. The molecular formula is C21H20F6N6. The molecular weight excluding hydrogens is 450 g/mol. The maximum absolute atomic E-state index is 14.5. The van der Waals surface area contributed by atoms with E-state index in [0.29, 0.717) is 13.1 Å². The maximum atomic E-state index is 14.5. The van der Waals surface area contributed by atoms with Crippen molar-refractivity contribution in [2.45, 2.75) is 49.9 Å². The van der Waals surface area contributed by atoms with Gasteiger partial charge in [0.1, 0.15) is 11.9 Å². The molecule has 1 saturated carbocycles. The van der Waals surface area contributed by atoms with Crippen molar-refractivity contribution >= 4 is 5.95 Å². The van der Waals surface area contributed by atoms with Gasteiger partial charge in [0, 0.05) is 30.6 Å². The van der Waals surface area contributed by atoms with E-state index in [0.717, 1.165) is 29.7 Å². The van der Waals surface area contributed by atoms with Gasteiger partial charge in [0.05, 0.1) is 0 Å². The highest BCUT2D eigenvalue weighted by Gasteiger charge is 2.48. The Balaban J connectivity index is 1.50. The van der Waals surface area contributed by atoms with Crippen LogP contribution in [0.2, 0.25) is 0 Å². The molecule has 33 heavy (non-hydrogen) atoms. The lowest BCUT2D eigenvalue weighted by atomic mass is 9.88. The molecule has 0 amide bonds. The van der Waals surface area contributed by atoms with Gasteiger partial charge in [-0.2, -0.15) is 23.4 Å². The smallest absolute Gasteiger partial charge is 0.350 e. The minimum atomic E-state index is -4.60. The number of hydrogen-bond donors (Lipinski definition) is 1. The number of aromatic nitrogens is 3. The maximum Gasteiger partial charge on any atom is 0.410 e. The number of alkyl halides is 3. The number of fused-ring (bicyclic) bond motifs is 3. The molecule has 1 aromatic carbocycles. The van der Waals surface area contributed by atoms with Crippen molar-refractivity contribution in [2.75, 3.05) is 18.4 Å². The zero-order valence-corrected chi connectivity index (χ0v) is 17.3. The molecule has 12 heteroatoms. The Morgan fingerprint density at radius 2 is 1.70 bits per heavy atom. The van der Waals surface area contributed by atoms with Gasteiger partial charge in [-0.15, -0.1) is 5.10 Å². The van der Waals surface area contributed by atoms with Gasteiger partial charge >= 0.3 is 6.18 Å². The number of halogens is 6.